The van der Waals surface area contributed by atoms with Crippen LogP contribution in [0.4, 0.5) is 0 Å². The van der Waals surface area contributed by atoms with Crippen LogP contribution in [0.1, 0.15) is 34.6 Å². The summed E-state index contributed by atoms with van der Waals surface area (Å²) in [5, 5.41) is 0. The van der Waals surface area contributed by atoms with Crippen molar-refractivity contribution in [2.75, 3.05) is 0 Å². The van der Waals surface area contributed by atoms with Crippen LogP contribution >= 0.6 is 19.2 Å². The fraction of sp³-hybridized carbons (Fsp3) is 0.333. The molecule has 2 nitrogen and oxygen atoms in total. The SMILES string of the molecule is C[C]1[C](C)[C](C)[C](C)[C]1C.O=c1cccc[nH]1.[Cl][Ir+][Cl]. The van der Waals surface area contributed by atoms with E-state index >= 15 is 0 Å². The molecule has 1 N–H and O–H groups in total. The summed E-state index contributed by atoms with van der Waals surface area (Å²) in [6, 6.07) is 4.93. The zero-order chi connectivity index (χ0) is 15.7. The Balaban J connectivity index is 0.000000315. The summed E-state index contributed by atoms with van der Waals surface area (Å²) in [7, 11) is 9.78. The van der Waals surface area contributed by atoms with Gasteiger partial charge in [0, 0.05) is 12.3 Å². The normalized spacial score (nSPS) is 18.4. The Morgan fingerprint density at radius 3 is 1.35 bits per heavy atom. The number of aromatic amines is 1. The van der Waals surface area contributed by atoms with Gasteiger partial charge in [-0.05, 0) is 35.7 Å². The van der Waals surface area contributed by atoms with Crippen LogP contribution < -0.4 is 5.56 Å². The van der Waals surface area contributed by atoms with Crippen LogP contribution in [-0.2, 0) is 15.7 Å². The molecule has 1 saturated carbocycles. The van der Waals surface area contributed by atoms with Crippen LogP contribution in [0.15, 0.2) is 29.2 Å². The van der Waals surface area contributed by atoms with E-state index in [4.69, 9.17) is 19.2 Å². The third kappa shape index (κ3) is 6.76. The Hall–Kier alpha value is 0.179. The molecule has 1 aliphatic rings. The zero-order valence-electron chi connectivity index (χ0n) is 12.3. The van der Waals surface area contributed by atoms with Gasteiger partial charge < -0.3 is 4.98 Å². The van der Waals surface area contributed by atoms with Gasteiger partial charge in [-0.2, -0.15) is 0 Å². The quantitative estimate of drug-likeness (QED) is 0.558. The number of hydrogen-bond donors (Lipinski definition) is 1. The van der Waals surface area contributed by atoms with E-state index in [-0.39, 0.29) is 5.56 Å². The maximum atomic E-state index is 10.2. The van der Waals surface area contributed by atoms with Crippen LogP contribution in [0.3, 0.4) is 0 Å². The standard InChI is InChI=1S/C10H15.C5H5NO.2ClH.Ir/c1-6-7(2)9(4)10(5)8(6)3;7-5-3-1-2-4-6-5;;;/h1-5H3;1-4H,(H,6,7);2*1H;/q;;;;+3/p-2. The molecule has 0 atom stereocenters. The van der Waals surface area contributed by atoms with Crippen molar-refractivity contribution in [1.29, 1.82) is 0 Å². The summed E-state index contributed by atoms with van der Waals surface area (Å²) < 4.78 is 0. The molecule has 0 aliphatic heterocycles. The van der Waals surface area contributed by atoms with E-state index in [0.29, 0.717) is 0 Å². The Bertz CT molecular complexity index is 351. The van der Waals surface area contributed by atoms with Gasteiger partial charge in [-0.15, -0.1) is 0 Å². The van der Waals surface area contributed by atoms with Gasteiger partial charge >= 0.3 is 34.8 Å². The molecule has 5 heteroatoms. The first kappa shape index (κ1) is 20.2. The fourth-order valence-electron chi connectivity index (χ4n) is 1.78. The van der Waals surface area contributed by atoms with Crippen LogP contribution in [0.2, 0.25) is 0 Å². The molecular formula is C15H20Cl2IrNO+. The molecule has 5 radical (unpaired) electrons. The van der Waals surface area contributed by atoms with E-state index in [9.17, 15) is 4.79 Å². The van der Waals surface area contributed by atoms with Gasteiger partial charge in [0.25, 0.3) is 0 Å². The number of H-pyrrole nitrogens is 1. The number of pyridine rings is 1. The van der Waals surface area contributed by atoms with Crippen molar-refractivity contribution in [3.8, 4) is 0 Å². The second-order valence-corrected chi connectivity index (χ2v) is 7.86. The van der Waals surface area contributed by atoms with E-state index in [1.54, 1.807) is 18.3 Å². The molecule has 0 saturated heterocycles. The molecule has 1 aliphatic carbocycles. The number of hydrogen-bond acceptors (Lipinski definition) is 1. The summed E-state index contributed by atoms with van der Waals surface area (Å²) in [4.78, 5) is 12.7. The van der Waals surface area contributed by atoms with Crippen molar-refractivity contribution in [3.63, 3.8) is 0 Å². The molecular weight excluding hydrogens is 473 g/mol. The molecule has 0 unspecified atom stereocenters. The number of halogens is 2. The molecule has 113 valence electrons. The van der Waals surface area contributed by atoms with Crippen LogP contribution in [0.5, 0.6) is 0 Å². The second kappa shape index (κ2) is 10.8. The van der Waals surface area contributed by atoms with E-state index in [2.05, 4.69) is 39.6 Å². The minimum absolute atomic E-state index is 0.0532. The molecule has 1 aromatic heterocycles. The molecule has 20 heavy (non-hydrogen) atoms. The Labute approximate surface area is 138 Å². The molecule has 1 fully saturated rings. The number of aromatic nitrogens is 1. The molecule has 0 aromatic carbocycles. The summed E-state index contributed by atoms with van der Waals surface area (Å²) >= 11 is -0.556. The van der Waals surface area contributed by atoms with Gasteiger partial charge in [0.1, 0.15) is 0 Å². The van der Waals surface area contributed by atoms with Gasteiger partial charge in [0.05, 0.1) is 0 Å². The molecule has 2 rings (SSSR count). The average molecular weight is 493 g/mol. The van der Waals surface area contributed by atoms with Gasteiger partial charge in [0.2, 0.25) is 5.56 Å². The third-order valence-electron chi connectivity index (χ3n) is 3.49. The van der Waals surface area contributed by atoms with E-state index < -0.39 is 15.7 Å². The third-order valence-corrected chi connectivity index (χ3v) is 3.49. The Kier molecular flexibility index (Phi) is 10.9. The minimum atomic E-state index is -0.556. The van der Waals surface area contributed by atoms with E-state index in [0.717, 1.165) is 0 Å². The van der Waals surface area contributed by atoms with Gasteiger partial charge in [-0.1, -0.05) is 40.7 Å². The van der Waals surface area contributed by atoms with Crippen LogP contribution in [0.25, 0.3) is 0 Å². The van der Waals surface area contributed by atoms with Gasteiger partial charge in [-0.25, -0.2) is 0 Å². The van der Waals surface area contributed by atoms with Crippen molar-refractivity contribution in [3.05, 3.63) is 64.3 Å². The predicted molar refractivity (Wildman–Crippen MR) is 83.4 cm³/mol. The zero-order valence-corrected chi connectivity index (χ0v) is 16.2. The Morgan fingerprint density at radius 1 is 0.850 bits per heavy atom. The summed E-state index contributed by atoms with van der Waals surface area (Å²) in [6.07, 6.45) is 1.60. The van der Waals surface area contributed by atoms with Crippen molar-refractivity contribution in [2.24, 2.45) is 0 Å². The van der Waals surface area contributed by atoms with Crippen LogP contribution in [0, 0.1) is 29.6 Å². The van der Waals surface area contributed by atoms with E-state index in [1.165, 1.54) is 35.7 Å². The first-order chi connectivity index (χ1) is 9.36. The average Bonchev–Trinajstić information content (AvgIpc) is 2.60. The fourth-order valence-corrected chi connectivity index (χ4v) is 1.78. The van der Waals surface area contributed by atoms with Crippen molar-refractivity contribution < 1.29 is 15.7 Å². The van der Waals surface area contributed by atoms with Crippen molar-refractivity contribution in [1.82, 2.24) is 4.98 Å². The van der Waals surface area contributed by atoms with Crippen molar-refractivity contribution >= 4 is 19.2 Å². The topological polar surface area (TPSA) is 32.9 Å². The first-order valence-corrected chi connectivity index (χ1v) is 12.0. The monoisotopic (exact) mass is 493 g/mol. The molecule has 1 aromatic rings. The first-order valence-electron chi connectivity index (χ1n) is 6.03. The van der Waals surface area contributed by atoms with Crippen LogP contribution in [-0.4, -0.2) is 4.98 Å². The summed E-state index contributed by atoms with van der Waals surface area (Å²) in [6.45, 7) is 11.0. The summed E-state index contributed by atoms with van der Waals surface area (Å²) in [5.74, 6) is 7.34. The second-order valence-electron chi connectivity index (χ2n) is 4.40. The molecule has 1 heterocycles. The van der Waals surface area contributed by atoms with Gasteiger partial charge in [-0.3, -0.25) is 4.79 Å². The molecule has 0 amide bonds. The maximum absolute atomic E-state index is 10.2. The molecule has 0 spiro atoms. The van der Waals surface area contributed by atoms with Gasteiger partial charge in [0.15, 0.2) is 0 Å². The van der Waals surface area contributed by atoms with Crippen molar-refractivity contribution in [2.45, 2.75) is 34.6 Å². The predicted octanol–water partition coefficient (Wildman–Crippen LogP) is 4.72. The summed E-state index contributed by atoms with van der Waals surface area (Å²) in [5.41, 5.74) is -0.0532. The molecule has 0 bridgehead atoms. The number of rotatable bonds is 0. The Morgan fingerprint density at radius 2 is 1.20 bits per heavy atom. The number of nitrogens with one attached hydrogen (secondary N) is 1. The van der Waals surface area contributed by atoms with E-state index in [1.807, 2.05) is 0 Å².